The number of hydrogen-bond acceptors (Lipinski definition) is 3. The molecule has 0 saturated carbocycles. The molecule has 0 aliphatic carbocycles. The molecule has 150 valence electrons. The fraction of sp³-hybridized carbons (Fsp3) is 0.304. The van der Waals surface area contributed by atoms with E-state index in [-0.39, 0.29) is 6.03 Å². The van der Waals surface area contributed by atoms with Crippen LogP contribution in [-0.4, -0.2) is 40.7 Å². The summed E-state index contributed by atoms with van der Waals surface area (Å²) in [5, 5.41) is 4.19. The van der Waals surface area contributed by atoms with Crippen LogP contribution in [0.2, 0.25) is 0 Å². The highest BCUT2D eigenvalue weighted by Gasteiger charge is 2.20. The molecular weight excluding hydrogens is 364 g/mol. The molecule has 0 unspecified atom stereocenters. The number of ether oxygens (including phenoxy) is 1. The molecule has 3 heterocycles. The average molecular weight is 390 g/mol. The standard InChI is InChI=1S/C23H26N4O2/c1-3-26-16-21(20-5-4-12-24-22(20)26)18-10-13-27(14-11-18)23(28)25-15-17-6-8-19(29-2)9-7-17/h4-10,12,16H,3,11,13-15H2,1-2H3,(H,25,28). The zero-order valence-electron chi connectivity index (χ0n) is 16.9. The van der Waals surface area contributed by atoms with E-state index in [0.29, 0.717) is 19.6 Å². The summed E-state index contributed by atoms with van der Waals surface area (Å²) in [7, 11) is 1.64. The van der Waals surface area contributed by atoms with Crippen LogP contribution in [0, 0.1) is 0 Å². The smallest absolute Gasteiger partial charge is 0.317 e. The van der Waals surface area contributed by atoms with Crippen molar-refractivity contribution in [1.82, 2.24) is 19.8 Å². The molecular formula is C23H26N4O2. The van der Waals surface area contributed by atoms with Gasteiger partial charge in [-0.1, -0.05) is 18.2 Å². The molecule has 6 heteroatoms. The number of amides is 2. The number of carbonyl (C=O) groups excluding carboxylic acids is 1. The van der Waals surface area contributed by atoms with E-state index >= 15 is 0 Å². The molecule has 2 aromatic heterocycles. The molecule has 1 N–H and O–H groups in total. The van der Waals surface area contributed by atoms with Crippen molar-refractivity contribution in [2.45, 2.75) is 26.4 Å². The molecule has 1 aliphatic rings. The van der Waals surface area contributed by atoms with Crippen molar-refractivity contribution in [3.63, 3.8) is 0 Å². The summed E-state index contributed by atoms with van der Waals surface area (Å²) in [6, 6.07) is 11.8. The number of fused-ring (bicyclic) bond motifs is 1. The lowest BCUT2D eigenvalue weighted by Crippen LogP contribution is -2.41. The Morgan fingerprint density at radius 1 is 1.24 bits per heavy atom. The third kappa shape index (κ3) is 3.97. The Hall–Kier alpha value is -3.28. The van der Waals surface area contributed by atoms with Gasteiger partial charge in [0.25, 0.3) is 0 Å². The second kappa shape index (κ2) is 8.39. The number of nitrogens with zero attached hydrogens (tertiary/aromatic N) is 3. The van der Waals surface area contributed by atoms with Crippen molar-refractivity contribution in [2.24, 2.45) is 0 Å². The first kappa shape index (κ1) is 19.1. The van der Waals surface area contributed by atoms with E-state index in [2.05, 4.69) is 40.1 Å². The molecule has 0 atom stereocenters. The highest BCUT2D eigenvalue weighted by Crippen LogP contribution is 2.30. The second-order valence-electron chi connectivity index (χ2n) is 7.14. The zero-order valence-corrected chi connectivity index (χ0v) is 16.9. The summed E-state index contributed by atoms with van der Waals surface area (Å²) >= 11 is 0. The van der Waals surface area contributed by atoms with Crippen molar-refractivity contribution in [1.29, 1.82) is 0 Å². The van der Waals surface area contributed by atoms with Crippen LogP contribution in [0.15, 0.2) is 54.9 Å². The van der Waals surface area contributed by atoms with Crippen LogP contribution in [0.4, 0.5) is 4.79 Å². The minimum Gasteiger partial charge on any atom is -0.497 e. The topological polar surface area (TPSA) is 59.4 Å². The first-order chi connectivity index (χ1) is 14.2. The Morgan fingerprint density at radius 2 is 2.07 bits per heavy atom. The average Bonchev–Trinajstić information content (AvgIpc) is 3.17. The molecule has 2 amide bonds. The van der Waals surface area contributed by atoms with Gasteiger partial charge in [0.1, 0.15) is 11.4 Å². The number of carbonyl (C=O) groups is 1. The minimum atomic E-state index is -0.0335. The van der Waals surface area contributed by atoms with Crippen LogP contribution < -0.4 is 10.1 Å². The molecule has 0 radical (unpaired) electrons. The molecule has 1 aromatic carbocycles. The molecule has 0 saturated heterocycles. The lowest BCUT2D eigenvalue weighted by molar-refractivity contribution is 0.202. The third-order valence-corrected chi connectivity index (χ3v) is 5.42. The fourth-order valence-electron chi connectivity index (χ4n) is 3.75. The van der Waals surface area contributed by atoms with Crippen molar-refractivity contribution >= 4 is 22.6 Å². The maximum atomic E-state index is 12.5. The largest absolute Gasteiger partial charge is 0.497 e. The fourth-order valence-corrected chi connectivity index (χ4v) is 3.75. The normalized spacial score (nSPS) is 14.0. The molecule has 4 rings (SSSR count). The number of hydrogen-bond donors (Lipinski definition) is 1. The van der Waals surface area contributed by atoms with Crippen LogP contribution in [-0.2, 0) is 13.1 Å². The van der Waals surface area contributed by atoms with Gasteiger partial charge in [-0.25, -0.2) is 9.78 Å². The lowest BCUT2D eigenvalue weighted by atomic mass is 10.00. The Balaban J connectivity index is 1.41. The predicted octanol–water partition coefficient (Wildman–Crippen LogP) is 4.06. The summed E-state index contributed by atoms with van der Waals surface area (Å²) < 4.78 is 7.34. The summed E-state index contributed by atoms with van der Waals surface area (Å²) in [5.74, 6) is 0.813. The van der Waals surface area contributed by atoms with Gasteiger partial charge >= 0.3 is 6.03 Å². The number of rotatable bonds is 5. The molecule has 29 heavy (non-hydrogen) atoms. The zero-order chi connectivity index (χ0) is 20.2. The number of aromatic nitrogens is 2. The second-order valence-corrected chi connectivity index (χ2v) is 7.14. The SMILES string of the molecule is CCn1cc(C2=CCN(C(=O)NCc3ccc(OC)cc3)CC2)c2cccnc21. The maximum Gasteiger partial charge on any atom is 0.317 e. The number of urea groups is 1. The first-order valence-electron chi connectivity index (χ1n) is 9.98. The van der Waals surface area contributed by atoms with Crippen LogP contribution in [0.1, 0.15) is 24.5 Å². The highest BCUT2D eigenvalue weighted by molar-refractivity contribution is 5.91. The molecule has 6 nitrogen and oxygen atoms in total. The Kier molecular flexibility index (Phi) is 5.51. The van der Waals surface area contributed by atoms with Crippen molar-refractivity contribution in [3.05, 3.63) is 66.0 Å². The van der Waals surface area contributed by atoms with Crippen LogP contribution in [0.5, 0.6) is 5.75 Å². The molecule has 3 aromatic rings. The number of benzene rings is 1. The van der Waals surface area contributed by atoms with E-state index in [1.54, 1.807) is 7.11 Å². The summed E-state index contributed by atoms with van der Waals surface area (Å²) in [4.78, 5) is 18.9. The van der Waals surface area contributed by atoms with Crippen molar-refractivity contribution < 1.29 is 9.53 Å². The molecule has 0 spiro atoms. The predicted molar refractivity (Wildman–Crippen MR) is 115 cm³/mol. The Bertz CT molecular complexity index is 1040. The van der Waals surface area contributed by atoms with Gasteiger partial charge in [-0.15, -0.1) is 0 Å². The monoisotopic (exact) mass is 390 g/mol. The quantitative estimate of drug-likeness (QED) is 0.715. The third-order valence-electron chi connectivity index (χ3n) is 5.42. The molecule has 0 bridgehead atoms. The number of aryl methyl sites for hydroxylation is 1. The maximum absolute atomic E-state index is 12.5. The van der Waals surface area contributed by atoms with E-state index in [1.165, 1.54) is 16.5 Å². The van der Waals surface area contributed by atoms with Gasteiger partial charge in [-0.3, -0.25) is 0 Å². The van der Waals surface area contributed by atoms with Gasteiger partial charge in [0.15, 0.2) is 0 Å². The van der Waals surface area contributed by atoms with Gasteiger partial charge in [-0.05, 0) is 48.7 Å². The number of pyridine rings is 1. The van der Waals surface area contributed by atoms with E-state index in [4.69, 9.17) is 4.74 Å². The van der Waals surface area contributed by atoms with Crippen LogP contribution >= 0.6 is 0 Å². The van der Waals surface area contributed by atoms with Gasteiger partial charge < -0.3 is 19.5 Å². The Morgan fingerprint density at radius 3 is 2.76 bits per heavy atom. The minimum absolute atomic E-state index is 0.0335. The lowest BCUT2D eigenvalue weighted by Gasteiger charge is -2.26. The van der Waals surface area contributed by atoms with Gasteiger partial charge in [0.2, 0.25) is 0 Å². The van der Waals surface area contributed by atoms with E-state index in [1.807, 2.05) is 41.4 Å². The van der Waals surface area contributed by atoms with Crippen LogP contribution in [0.25, 0.3) is 16.6 Å². The van der Waals surface area contributed by atoms with Gasteiger partial charge in [0.05, 0.1) is 7.11 Å². The molecule has 0 fully saturated rings. The highest BCUT2D eigenvalue weighted by atomic mass is 16.5. The van der Waals surface area contributed by atoms with Gasteiger partial charge in [-0.2, -0.15) is 0 Å². The number of nitrogens with one attached hydrogen (secondary N) is 1. The summed E-state index contributed by atoms with van der Waals surface area (Å²) in [6.45, 7) is 4.84. The molecule has 1 aliphatic heterocycles. The van der Waals surface area contributed by atoms with Crippen molar-refractivity contribution in [2.75, 3.05) is 20.2 Å². The first-order valence-corrected chi connectivity index (χ1v) is 9.98. The van der Waals surface area contributed by atoms with Crippen LogP contribution in [0.3, 0.4) is 0 Å². The summed E-state index contributed by atoms with van der Waals surface area (Å²) in [6.07, 6.45) is 7.03. The van der Waals surface area contributed by atoms with Gasteiger partial charge in [0, 0.05) is 49.5 Å². The van der Waals surface area contributed by atoms with E-state index in [0.717, 1.165) is 29.9 Å². The Labute approximate surface area is 170 Å². The van der Waals surface area contributed by atoms with E-state index < -0.39 is 0 Å². The van der Waals surface area contributed by atoms with E-state index in [9.17, 15) is 4.79 Å². The summed E-state index contributed by atoms with van der Waals surface area (Å²) in [5.41, 5.74) is 4.58. The number of methoxy groups -OCH3 is 1. The van der Waals surface area contributed by atoms with Crippen molar-refractivity contribution in [3.8, 4) is 5.75 Å².